The molecule has 2 amide bonds. The summed E-state index contributed by atoms with van der Waals surface area (Å²) in [5, 5.41) is 6.58. The first kappa shape index (κ1) is 19.1. The number of nitrogens with one attached hydrogen (secondary N) is 2. The second-order valence-electron chi connectivity index (χ2n) is 7.82. The predicted molar refractivity (Wildman–Crippen MR) is 109 cm³/mol. The lowest BCUT2D eigenvalue weighted by Crippen LogP contribution is -2.42. The lowest BCUT2D eigenvalue weighted by Gasteiger charge is -2.25. The van der Waals surface area contributed by atoms with Crippen molar-refractivity contribution in [3.8, 4) is 0 Å². The molecule has 27 heavy (non-hydrogen) atoms. The molecule has 6 nitrogen and oxygen atoms in total. The molecule has 2 saturated carbocycles. The molecule has 2 fully saturated rings. The van der Waals surface area contributed by atoms with Crippen LogP contribution in [0.25, 0.3) is 0 Å². The highest BCUT2D eigenvalue weighted by molar-refractivity contribution is 9.11. The third-order valence-electron chi connectivity index (χ3n) is 6.33. The summed E-state index contributed by atoms with van der Waals surface area (Å²) in [6.07, 6.45) is 11.2. The summed E-state index contributed by atoms with van der Waals surface area (Å²) in [6.45, 7) is 1.33. The predicted octanol–water partition coefficient (Wildman–Crippen LogP) is 2.92. The van der Waals surface area contributed by atoms with Crippen LogP contribution < -0.4 is 16.4 Å². The van der Waals surface area contributed by atoms with E-state index in [2.05, 4.69) is 43.7 Å². The standard InChI is InChI=1S/C19H25BrN4O2S/c20-13-10-23-18(27-13)24-17(26)15-12-5-4-11(19(12)6-7-19)14(15)16(25)22-9-3-1-2-8-21/h4-5,10-12,14-15H,1-3,6-9,21H2,(H,22,25)(H,23,24,26)/t11-,12+,14-,15-/m1/s1. The molecule has 146 valence electrons. The van der Waals surface area contributed by atoms with Gasteiger partial charge in [0.25, 0.3) is 0 Å². The molecule has 4 atom stereocenters. The Labute approximate surface area is 171 Å². The molecule has 1 aromatic rings. The fourth-order valence-corrected chi connectivity index (χ4v) is 6.10. The van der Waals surface area contributed by atoms with Crippen molar-refractivity contribution in [2.75, 3.05) is 18.4 Å². The molecule has 0 aliphatic heterocycles. The van der Waals surface area contributed by atoms with Crippen molar-refractivity contribution in [2.45, 2.75) is 32.1 Å². The van der Waals surface area contributed by atoms with Crippen LogP contribution in [0.2, 0.25) is 0 Å². The minimum atomic E-state index is -0.311. The maximum atomic E-state index is 13.1. The summed E-state index contributed by atoms with van der Waals surface area (Å²) in [4.78, 5) is 30.3. The van der Waals surface area contributed by atoms with Crippen molar-refractivity contribution in [1.82, 2.24) is 10.3 Å². The molecule has 0 unspecified atom stereocenters. The number of amides is 2. The third kappa shape index (κ3) is 3.47. The molecule has 4 rings (SSSR count). The van der Waals surface area contributed by atoms with Gasteiger partial charge in [0.15, 0.2) is 5.13 Å². The number of carbonyl (C=O) groups excluding carboxylic acids is 2. The quantitative estimate of drug-likeness (QED) is 0.417. The Balaban J connectivity index is 1.46. The maximum Gasteiger partial charge on any atom is 0.230 e. The highest BCUT2D eigenvalue weighted by Crippen LogP contribution is 2.72. The van der Waals surface area contributed by atoms with Crippen LogP contribution in [0.3, 0.4) is 0 Å². The van der Waals surface area contributed by atoms with Gasteiger partial charge in [0.2, 0.25) is 11.8 Å². The van der Waals surface area contributed by atoms with E-state index in [1.165, 1.54) is 11.3 Å². The minimum Gasteiger partial charge on any atom is -0.356 e. The molecule has 1 heterocycles. The van der Waals surface area contributed by atoms with Crippen molar-refractivity contribution in [3.05, 3.63) is 22.1 Å². The fraction of sp³-hybridized carbons (Fsp3) is 0.632. The molecule has 8 heteroatoms. The smallest absolute Gasteiger partial charge is 0.230 e. The van der Waals surface area contributed by atoms with Gasteiger partial charge in [0.1, 0.15) is 0 Å². The monoisotopic (exact) mass is 452 g/mol. The molecule has 3 aliphatic rings. The zero-order valence-corrected chi connectivity index (χ0v) is 17.5. The van der Waals surface area contributed by atoms with Gasteiger partial charge in [-0.2, -0.15) is 0 Å². The number of thiazole rings is 1. The van der Waals surface area contributed by atoms with Gasteiger partial charge in [-0.15, -0.1) is 0 Å². The van der Waals surface area contributed by atoms with E-state index in [1.54, 1.807) is 6.20 Å². The number of nitrogens with two attached hydrogens (primary N) is 1. The lowest BCUT2D eigenvalue weighted by molar-refractivity contribution is -0.132. The maximum absolute atomic E-state index is 13.1. The summed E-state index contributed by atoms with van der Waals surface area (Å²) >= 11 is 4.76. The second-order valence-corrected chi connectivity index (χ2v) is 10.2. The molecule has 0 radical (unpaired) electrons. The van der Waals surface area contributed by atoms with Crippen LogP contribution in [0.1, 0.15) is 32.1 Å². The highest BCUT2D eigenvalue weighted by Gasteiger charge is 2.69. The molecular formula is C19H25BrN4O2S. The highest BCUT2D eigenvalue weighted by atomic mass is 79.9. The van der Waals surface area contributed by atoms with E-state index < -0.39 is 0 Å². The first-order valence-electron chi connectivity index (χ1n) is 9.65. The van der Waals surface area contributed by atoms with Crippen molar-refractivity contribution in [3.63, 3.8) is 0 Å². The molecule has 2 bridgehead atoms. The van der Waals surface area contributed by atoms with Gasteiger partial charge in [-0.3, -0.25) is 9.59 Å². The number of aromatic nitrogens is 1. The van der Waals surface area contributed by atoms with E-state index in [1.807, 2.05) is 0 Å². The van der Waals surface area contributed by atoms with E-state index in [-0.39, 0.29) is 40.9 Å². The molecule has 1 spiro atoms. The van der Waals surface area contributed by atoms with Crippen LogP contribution in [0, 0.1) is 29.1 Å². The Morgan fingerprint density at radius 1 is 1.19 bits per heavy atom. The summed E-state index contributed by atoms with van der Waals surface area (Å²) in [7, 11) is 0. The average molecular weight is 453 g/mol. The zero-order valence-electron chi connectivity index (χ0n) is 15.1. The van der Waals surface area contributed by atoms with Crippen LogP contribution >= 0.6 is 27.3 Å². The number of allylic oxidation sites excluding steroid dienone is 2. The first-order chi connectivity index (χ1) is 13.1. The fourth-order valence-electron chi connectivity index (χ4n) is 4.99. The van der Waals surface area contributed by atoms with Gasteiger partial charge in [0.05, 0.1) is 21.8 Å². The first-order valence-corrected chi connectivity index (χ1v) is 11.3. The Morgan fingerprint density at radius 2 is 1.89 bits per heavy atom. The third-order valence-corrected chi connectivity index (χ3v) is 7.73. The van der Waals surface area contributed by atoms with Gasteiger partial charge in [0, 0.05) is 6.54 Å². The molecular weight excluding hydrogens is 428 g/mol. The SMILES string of the molecule is NCCCCCNC(=O)[C@H]1[C@H](C(=O)Nc2ncc(Br)s2)[C@@H]2C=C[C@H]1C21CC1. The van der Waals surface area contributed by atoms with Gasteiger partial charge in [-0.25, -0.2) is 4.98 Å². The number of halogens is 1. The number of carbonyl (C=O) groups is 2. The van der Waals surface area contributed by atoms with Crippen LogP contribution in [0.5, 0.6) is 0 Å². The Bertz CT molecular complexity index is 761. The van der Waals surface area contributed by atoms with Crippen LogP contribution in [0.4, 0.5) is 5.13 Å². The second kappa shape index (κ2) is 7.64. The van der Waals surface area contributed by atoms with Crippen molar-refractivity contribution >= 4 is 44.2 Å². The Hall–Kier alpha value is -1.25. The van der Waals surface area contributed by atoms with Gasteiger partial charge in [-0.05, 0) is 65.4 Å². The number of unbranched alkanes of at least 4 members (excludes halogenated alkanes) is 2. The molecule has 3 aliphatic carbocycles. The average Bonchev–Trinajstić information content (AvgIpc) is 3.14. The summed E-state index contributed by atoms with van der Waals surface area (Å²) in [5.41, 5.74) is 5.66. The van der Waals surface area contributed by atoms with Gasteiger partial charge in [-0.1, -0.05) is 29.9 Å². The largest absolute Gasteiger partial charge is 0.356 e. The number of rotatable bonds is 8. The van der Waals surface area contributed by atoms with Gasteiger partial charge >= 0.3 is 0 Å². The molecule has 1 aromatic heterocycles. The normalized spacial score (nSPS) is 29.3. The Kier molecular flexibility index (Phi) is 5.40. The number of anilines is 1. The Morgan fingerprint density at radius 3 is 2.48 bits per heavy atom. The molecule has 0 aromatic carbocycles. The van der Waals surface area contributed by atoms with E-state index >= 15 is 0 Å². The van der Waals surface area contributed by atoms with Crippen LogP contribution in [0.15, 0.2) is 22.1 Å². The summed E-state index contributed by atoms with van der Waals surface area (Å²) < 4.78 is 0.871. The van der Waals surface area contributed by atoms with E-state index in [9.17, 15) is 9.59 Å². The summed E-state index contributed by atoms with van der Waals surface area (Å²) in [5.74, 6) is -0.298. The summed E-state index contributed by atoms with van der Waals surface area (Å²) in [6, 6.07) is 0. The molecule has 0 saturated heterocycles. The van der Waals surface area contributed by atoms with E-state index in [0.29, 0.717) is 18.2 Å². The van der Waals surface area contributed by atoms with Crippen molar-refractivity contribution in [1.29, 1.82) is 0 Å². The van der Waals surface area contributed by atoms with Crippen LogP contribution in [-0.4, -0.2) is 29.9 Å². The topological polar surface area (TPSA) is 97.1 Å². The number of hydrogen-bond acceptors (Lipinski definition) is 5. The van der Waals surface area contributed by atoms with Gasteiger partial charge < -0.3 is 16.4 Å². The lowest BCUT2D eigenvalue weighted by atomic mass is 9.81. The van der Waals surface area contributed by atoms with Crippen molar-refractivity contribution in [2.24, 2.45) is 34.8 Å². The van der Waals surface area contributed by atoms with E-state index in [0.717, 1.165) is 35.9 Å². The van der Waals surface area contributed by atoms with E-state index in [4.69, 9.17) is 5.73 Å². The minimum absolute atomic E-state index is 0.0198. The molecule has 4 N–H and O–H groups in total. The number of nitrogens with zero attached hydrogens (tertiary/aromatic N) is 1. The van der Waals surface area contributed by atoms with Crippen molar-refractivity contribution < 1.29 is 9.59 Å². The zero-order chi connectivity index (χ0) is 19.0. The number of hydrogen-bond donors (Lipinski definition) is 3. The van der Waals surface area contributed by atoms with Crippen LogP contribution in [-0.2, 0) is 9.59 Å².